The molecule has 0 bridgehead atoms. The van der Waals surface area contributed by atoms with Crippen molar-refractivity contribution in [3.8, 4) is 0 Å². The molecular formula is C38H62O. The molecule has 0 amide bonds. The third-order valence-electron chi connectivity index (χ3n) is 8.20. The van der Waals surface area contributed by atoms with Gasteiger partial charge in [-0.05, 0) is 87.2 Å². The van der Waals surface area contributed by atoms with Crippen molar-refractivity contribution < 1.29 is 4.74 Å². The number of hydrogen-bond donors (Lipinski definition) is 0. The fraction of sp³-hybridized carbons (Fsp3) is 0.684. The molecule has 0 radical (unpaired) electrons. The van der Waals surface area contributed by atoms with E-state index in [4.69, 9.17) is 4.74 Å². The topological polar surface area (TPSA) is 9.23 Å². The smallest absolute Gasteiger partial charge is 0.0707 e. The molecule has 39 heavy (non-hydrogen) atoms. The molecule has 2 atom stereocenters. The minimum atomic E-state index is -0.397. The van der Waals surface area contributed by atoms with Crippen LogP contribution in [0.2, 0.25) is 0 Å². The highest BCUT2D eigenvalue weighted by Gasteiger charge is 2.51. The van der Waals surface area contributed by atoms with E-state index in [0.29, 0.717) is 0 Å². The third-order valence-corrected chi connectivity index (χ3v) is 8.20. The van der Waals surface area contributed by atoms with E-state index in [1.165, 1.54) is 22.3 Å². The van der Waals surface area contributed by atoms with Crippen molar-refractivity contribution in [2.45, 2.75) is 147 Å². The maximum Gasteiger partial charge on any atom is 0.0707 e. The van der Waals surface area contributed by atoms with Crippen LogP contribution < -0.4 is 0 Å². The van der Waals surface area contributed by atoms with E-state index in [1.807, 2.05) is 0 Å². The van der Waals surface area contributed by atoms with Gasteiger partial charge in [0.1, 0.15) is 0 Å². The Balaban J connectivity index is 2.69. The summed E-state index contributed by atoms with van der Waals surface area (Å²) in [6, 6.07) is 18.3. The van der Waals surface area contributed by atoms with Crippen LogP contribution in [0.5, 0.6) is 0 Å². The quantitative estimate of drug-likeness (QED) is 0.294. The zero-order valence-corrected chi connectivity index (χ0v) is 28.6. The molecule has 1 nitrogen and oxygen atoms in total. The van der Waals surface area contributed by atoms with Gasteiger partial charge in [-0.2, -0.15) is 0 Å². The Bertz CT molecular complexity index is 997. The van der Waals surface area contributed by atoms with E-state index in [9.17, 15) is 0 Å². The van der Waals surface area contributed by atoms with Gasteiger partial charge in [-0.3, -0.25) is 0 Å². The summed E-state index contributed by atoms with van der Waals surface area (Å²) >= 11 is 0. The standard InChI is InChI=1S/C38H62O/c1-27-19-17-21-29(23-27)31(35(9,10)25-33(3,4)5)37(13,14)39-38(15,16)32(30-22-18-20-28(2)24-30)36(11,12)26-34(6,7)8/h17-24,31-32H,25-26H2,1-16H3. The van der Waals surface area contributed by atoms with Crippen LogP contribution in [0.25, 0.3) is 0 Å². The summed E-state index contributed by atoms with van der Waals surface area (Å²) in [5.41, 5.74) is 5.09. The van der Waals surface area contributed by atoms with Gasteiger partial charge >= 0.3 is 0 Å². The fourth-order valence-corrected chi connectivity index (χ4v) is 9.02. The second kappa shape index (κ2) is 11.3. The first-order valence-electron chi connectivity index (χ1n) is 15.2. The van der Waals surface area contributed by atoms with Crippen molar-refractivity contribution in [3.63, 3.8) is 0 Å². The van der Waals surface area contributed by atoms with Gasteiger partial charge < -0.3 is 4.74 Å². The van der Waals surface area contributed by atoms with Gasteiger partial charge in [0.2, 0.25) is 0 Å². The van der Waals surface area contributed by atoms with Gasteiger partial charge in [0.25, 0.3) is 0 Å². The predicted molar refractivity (Wildman–Crippen MR) is 173 cm³/mol. The van der Waals surface area contributed by atoms with E-state index >= 15 is 0 Å². The maximum atomic E-state index is 7.54. The Hall–Kier alpha value is -1.60. The van der Waals surface area contributed by atoms with Crippen LogP contribution in [-0.2, 0) is 4.74 Å². The van der Waals surface area contributed by atoms with Gasteiger partial charge in [0, 0.05) is 11.8 Å². The first-order chi connectivity index (χ1) is 17.4. The minimum Gasteiger partial charge on any atom is -0.368 e. The highest BCUT2D eigenvalue weighted by atomic mass is 16.5. The van der Waals surface area contributed by atoms with Crippen molar-refractivity contribution in [2.24, 2.45) is 21.7 Å². The summed E-state index contributed by atoms with van der Waals surface area (Å²) < 4.78 is 7.54. The van der Waals surface area contributed by atoms with Crippen molar-refractivity contribution in [2.75, 3.05) is 0 Å². The summed E-state index contributed by atoms with van der Waals surface area (Å²) in [7, 11) is 0. The van der Waals surface area contributed by atoms with Crippen LogP contribution in [0.3, 0.4) is 0 Å². The Labute approximate surface area is 243 Å². The summed E-state index contributed by atoms with van der Waals surface area (Å²) in [6.07, 6.45) is 2.23. The Morgan fingerprint density at radius 1 is 0.513 bits per heavy atom. The molecule has 220 valence electrons. The molecule has 2 unspecified atom stereocenters. The molecule has 0 aromatic heterocycles. The number of rotatable bonds is 10. The van der Waals surface area contributed by atoms with Crippen LogP contribution >= 0.6 is 0 Å². The Kier molecular flexibility index (Phi) is 9.78. The lowest BCUT2D eigenvalue weighted by Crippen LogP contribution is -2.51. The highest BCUT2D eigenvalue weighted by molar-refractivity contribution is 5.32. The third kappa shape index (κ3) is 9.21. The normalized spacial score (nSPS) is 15.8. The van der Waals surface area contributed by atoms with Gasteiger partial charge in [-0.15, -0.1) is 0 Å². The number of hydrogen-bond acceptors (Lipinski definition) is 1. The minimum absolute atomic E-state index is 0.0331. The van der Waals surface area contributed by atoms with E-state index in [0.717, 1.165) is 12.8 Å². The largest absolute Gasteiger partial charge is 0.368 e. The van der Waals surface area contributed by atoms with Crippen LogP contribution in [-0.4, -0.2) is 11.2 Å². The monoisotopic (exact) mass is 534 g/mol. The summed E-state index contributed by atoms with van der Waals surface area (Å²) in [5.74, 6) is 0.458. The van der Waals surface area contributed by atoms with E-state index in [2.05, 4.69) is 159 Å². The molecule has 0 spiro atoms. The molecule has 2 rings (SSSR count). The molecule has 0 fully saturated rings. The van der Waals surface area contributed by atoms with Gasteiger partial charge in [-0.1, -0.05) is 129 Å². The zero-order chi connectivity index (χ0) is 30.2. The summed E-state index contributed by atoms with van der Waals surface area (Å²) in [5, 5.41) is 0. The summed E-state index contributed by atoms with van der Waals surface area (Å²) in [4.78, 5) is 0. The first-order valence-corrected chi connectivity index (χ1v) is 15.2. The van der Waals surface area contributed by atoms with Gasteiger partial charge in [-0.25, -0.2) is 0 Å². The van der Waals surface area contributed by atoms with Gasteiger partial charge in [0.05, 0.1) is 11.2 Å². The van der Waals surface area contributed by atoms with E-state index in [1.54, 1.807) is 0 Å². The van der Waals surface area contributed by atoms with Crippen LogP contribution in [0.15, 0.2) is 48.5 Å². The lowest BCUT2D eigenvalue weighted by atomic mass is 9.60. The second-order valence-corrected chi connectivity index (χ2v) is 17.5. The average molecular weight is 535 g/mol. The lowest BCUT2D eigenvalue weighted by molar-refractivity contribution is -0.176. The van der Waals surface area contributed by atoms with Crippen molar-refractivity contribution in [1.29, 1.82) is 0 Å². The fourth-order valence-electron chi connectivity index (χ4n) is 9.02. The SMILES string of the molecule is Cc1cccc(C(C(C)(C)CC(C)(C)C)C(C)(C)OC(C)(C)C(c2cccc(C)c2)C(C)(C)CC(C)(C)C)c1. The first kappa shape index (κ1) is 33.6. The Morgan fingerprint density at radius 2 is 0.821 bits per heavy atom. The zero-order valence-electron chi connectivity index (χ0n) is 28.6. The highest BCUT2D eigenvalue weighted by Crippen LogP contribution is 2.55. The molecule has 2 aromatic rings. The molecule has 0 heterocycles. The molecule has 0 N–H and O–H groups in total. The number of ether oxygens (including phenoxy) is 1. The molecule has 2 aromatic carbocycles. The molecule has 0 aliphatic heterocycles. The van der Waals surface area contributed by atoms with E-state index in [-0.39, 0.29) is 33.5 Å². The van der Waals surface area contributed by atoms with Gasteiger partial charge in [0.15, 0.2) is 0 Å². The van der Waals surface area contributed by atoms with Crippen molar-refractivity contribution in [3.05, 3.63) is 70.8 Å². The molecule has 1 heteroatoms. The van der Waals surface area contributed by atoms with Crippen molar-refractivity contribution >= 4 is 0 Å². The van der Waals surface area contributed by atoms with Crippen LogP contribution in [0.1, 0.15) is 144 Å². The molecular weight excluding hydrogens is 472 g/mol. The molecule has 0 saturated heterocycles. The second-order valence-electron chi connectivity index (χ2n) is 17.5. The van der Waals surface area contributed by atoms with Crippen LogP contribution in [0, 0.1) is 35.5 Å². The summed E-state index contributed by atoms with van der Waals surface area (Å²) in [6.45, 7) is 37.8. The van der Waals surface area contributed by atoms with E-state index < -0.39 is 11.2 Å². The Morgan fingerprint density at radius 3 is 1.08 bits per heavy atom. The lowest BCUT2D eigenvalue weighted by Gasteiger charge is -2.54. The average Bonchev–Trinajstić information content (AvgIpc) is 2.61. The predicted octanol–water partition coefficient (Wildman–Crippen LogP) is 11.7. The maximum absolute atomic E-state index is 7.54. The molecule has 0 aliphatic carbocycles. The molecule has 0 aliphatic rings. The van der Waals surface area contributed by atoms with Crippen molar-refractivity contribution in [1.82, 2.24) is 0 Å². The number of benzene rings is 2. The number of aryl methyl sites for hydroxylation is 2. The van der Waals surface area contributed by atoms with Crippen LogP contribution in [0.4, 0.5) is 0 Å². The molecule has 0 saturated carbocycles.